The zero-order chi connectivity index (χ0) is 13.1. The summed E-state index contributed by atoms with van der Waals surface area (Å²) in [6.07, 6.45) is 1.06. The monoisotopic (exact) mass is 262 g/mol. The minimum Gasteiger partial charge on any atom is -0.494 e. The lowest BCUT2D eigenvalue weighted by Crippen LogP contribution is -2.33. The van der Waals surface area contributed by atoms with E-state index in [9.17, 15) is 12.8 Å². The number of methoxy groups -OCH3 is 1. The first-order valence-electron chi connectivity index (χ1n) is 4.85. The molecule has 17 heavy (non-hydrogen) atoms. The van der Waals surface area contributed by atoms with Gasteiger partial charge in [0.2, 0.25) is 0 Å². The van der Waals surface area contributed by atoms with Crippen LogP contribution in [0.2, 0.25) is 0 Å². The van der Waals surface area contributed by atoms with Gasteiger partial charge in [0.1, 0.15) is 9.84 Å². The molecule has 0 heterocycles. The first-order valence-corrected chi connectivity index (χ1v) is 6.91. The number of halogens is 1. The van der Waals surface area contributed by atoms with Crippen LogP contribution in [0.1, 0.15) is 11.6 Å². The highest BCUT2D eigenvalue weighted by Gasteiger charge is 2.21. The van der Waals surface area contributed by atoms with Crippen molar-refractivity contribution >= 4 is 9.84 Å². The highest BCUT2D eigenvalue weighted by atomic mass is 32.2. The van der Waals surface area contributed by atoms with Gasteiger partial charge in [-0.05, 0) is 6.07 Å². The van der Waals surface area contributed by atoms with Gasteiger partial charge in [-0.15, -0.1) is 0 Å². The Morgan fingerprint density at radius 2 is 2.18 bits per heavy atom. The van der Waals surface area contributed by atoms with Crippen LogP contribution < -0.4 is 16.0 Å². The van der Waals surface area contributed by atoms with Gasteiger partial charge in [0.05, 0.1) is 18.9 Å². The van der Waals surface area contributed by atoms with Gasteiger partial charge in [0.25, 0.3) is 0 Å². The standard InChI is InChI=1S/C10H15FN2O3S/c1-16-9-5-3-4-7(10(9)11)8(13-12)6-17(2,14)15/h3-5,8,13H,6,12H2,1-2H3. The van der Waals surface area contributed by atoms with E-state index < -0.39 is 21.7 Å². The summed E-state index contributed by atoms with van der Waals surface area (Å²) >= 11 is 0. The molecule has 1 unspecified atom stereocenters. The van der Waals surface area contributed by atoms with E-state index in [0.29, 0.717) is 0 Å². The number of ether oxygens (including phenoxy) is 1. The summed E-state index contributed by atoms with van der Waals surface area (Å²) in [5, 5.41) is 0. The van der Waals surface area contributed by atoms with E-state index in [1.165, 1.54) is 19.2 Å². The summed E-state index contributed by atoms with van der Waals surface area (Å²) < 4.78 is 41.1. The Kier molecular flexibility index (Phi) is 4.44. The summed E-state index contributed by atoms with van der Waals surface area (Å²) in [5.74, 6) is 4.41. The lowest BCUT2D eigenvalue weighted by molar-refractivity contribution is 0.381. The van der Waals surface area contributed by atoms with Crippen LogP contribution >= 0.6 is 0 Å². The molecular weight excluding hydrogens is 247 g/mol. The second kappa shape index (κ2) is 5.44. The van der Waals surface area contributed by atoms with Crippen molar-refractivity contribution < 1.29 is 17.5 Å². The third-order valence-corrected chi connectivity index (χ3v) is 3.20. The Hall–Kier alpha value is -1.18. The Morgan fingerprint density at radius 3 is 2.65 bits per heavy atom. The molecular formula is C10H15FN2O3S. The molecule has 0 fully saturated rings. The van der Waals surface area contributed by atoms with E-state index in [1.807, 2.05) is 0 Å². The number of nitrogens with two attached hydrogens (primary N) is 1. The summed E-state index contributed by atoms with van der Waals surface area (Å²) in [5.41, 5.74) is 2.46. The van der Waals surface area contributed by atoms with Gasteiger partial charge in [-0.3, -0.25) is 11.3 Å². The van der Waals surface area contributed by atoms with E-state index in [2.05, 4.69) is 5.43 Å². The largest absolute Gasteiger partial charge is 0.494 e. The molecule has 0 aromatic heterocycles. The number of rotatable bonds is 5. The first kappa shape index (κ1) is 13.9. The molecule has 0 aliphatic carbocycles. The molecule has 0 bridgehead atoms. The van der Waals surface area contributed by atoms with E-state index in [0.717, 1.165) is 6.26 Å². The number of hydrogen-bond acceptors (Lipinski definition) is 5. The predicted molar refractivity (Wildman–Crippen MR) is 62.7 cm³/mol. The SMILES string of the molecule is COc1cccc(C(CS(C)(=O)=O)NN)c1F. The van der Waals surface area contributed by atoms with E-state index in [-0.39, 0.29) is 17.1 Å². The third-order valence-electron chi connectivity index (χ3n) is 2.26. The molecule has 5 nitrogen and oxygen atoms in total. The van der Waals surface area contributed by atoms with Crippen LogP contribution in [-0.2, 0) is 9.84 Å². The molecule has 1 rings (SSSR count). The fraction of sp³-hybridized carbons (Fsp3) is 0.400. The highest BCUT2D eigenvalue weighted by Crippen LogP contribution is 2.25. The molecule has 0 amide bonds. The van der Waals surface area contributed by atoms with Crippen LogP contribution in [0, 0.1) is 5.82 Å². The summed E-state index contributed by atoms with van der Waals surface area (Å²) in [4.78, 5) is 0. The smallest absolute Gasteiger partial charge is 0.169 e. The van der Waals surface area contributed by atoms with Crippen LogP contribution in [0.5, 0.6) is 5.75 Å². The first-order chi connectivity index (χ1) is 7.89. The maximum absolute atomic E-state index is 13.9. The summed E-state index contributed by atoms with van der Waals surface area (Å²) in [6.45, 7) is 0. The third kappa shape index (κ3) is 3.65. The molecule has 96 valence electrons. The van der Waals surface area contributed by atoms with E-state index >= 15 is 0 Å². The van der Waals surface area contributed by atoms with Crippen LogP contribution in [-0.4, -0.2) is 27.5 Å². The van der Waals surface area contributed by atoms with Gasteiger partial charge < -0.3 is 4.74 Å². The van der Waals surface area contributed by atoms with Gasteiger partial charge in [-0.2, -0.15) is 0 Å². The van der Waals surface area contributed by atoms with Gasteiger partial charge in [0, 0.05) is 11.8 Å². The van der Waals surface area contributed by atoms with Gasteiger partial charge in [-0.25, -0.2) is 12.8 Å². The Bertz CT molecular complexity index is 490. The summed E-state index contributed by atoms with van der Waals surface area (Å²) in [7, 11) is -1.93. The fourth-order valence-electron chi connectivity index (χ4n) is 1.48. The van der Waals surface area contributed by atoms with Crippen molar-refractivity contribution in [3.8, 4) is 5.75 Å². The number of benzene rings is 1. The lowest BCUT2D eigenvalue weighted by atomic mass is 10.1. The zero-order valence-electron chi connectivity index (χ0n) is 9.60. The maximum Gasteiger partial charge on any atom is 0.169 e. The molecule has 0 saturated heterocycles. The minimum absolute atomic E-state index is 0.0521. The molecule has 1 aromatic rings. The number of hydrogen-bond donors (Lipinski definition) is 2. The molecule has 3 N–H and O–H groups in total. The Morgan fingerprint density at radius 1 is 1.53 bits per heavy atom. The van der Waals surface area contributed by atoms with Crippen LogP contribution in [0.4, 0.5) is 4.39 Å². The van der Waals surface area contributed by atoms with Crippen molar-refractivity contribution in [2.24, 2.45) is 5.84 Å². The molecule has 0 radical (unpaired) electrons. The van der Waals surface area contributed by atoms with Crippen molar-refractivity contribution in [2.45, 2.75) is 6.04 Å². The van der Waals surface area contributed by atoms with E-state index in [1.54, 1.807) is 6.07 Å². The lowest BCUT2D eigenvalue weighted by Gasteiger charge is -2.17. The van der Waals surface area contributed by atoms with Crippen LogP contribution in [0.15, 0.2) is 18.2 Å². The average molecular weight is 262 g/mol. The van der Waals surface area contributed by atoms with Crippen molar-refractivity contribution in [3.63, 3.8) is 0 Å². The molecule has 7 heteroatoms. The maximum atomic E-state index is 13.9. The molecule has 0 aliphatic rings. The second-order valence-corrected chi connectivity index (χ2v) is 5.86. The van der Waals surface area contributed by atoms with Crippen molar-refractivity contribution in [3.05, 3.63) is 29.6 Å². The van der Waals surface area contributed by atoms with Gasteiger partial charge in [0.15, 0.2) is 11.6 Å². The van der Waals surface area contributed by atoms with Crippen molar-refractivity contribution in [2.75, 3.05) is 19.1 Å². The molecule has 1 aromatic carbocycles. The van der Waals surface area contributed by atoms with Crippen LogP contribution in [0.25, 0.3) is 0 Å². The highest BCUT2D eigenvalue weighted by molar-refractivity contribution is 7.90. The average Bonchev–Trinajstić information content (AvgIpc) is 2.25. The summed E-state index contributed by atoms with van der Waals surface area (Å²) in [6, 6.07) is 3.68. The normalized spacial score (nSPS) is 13.4. The zero-order valence-corrected chi connectivity index (χ0v) is 10.4. The van der Waals surface area contributed by atoms with Gasteiger partial charge >= 0.3 is 0 Å². The van der Waals surface area contributed by atoms with Crippen molar-refractivity contribution in [1.82, 2.24) is 5.43 Å². The van der Waals surface area contributed by atoms with Crippen LogP contribution in [0.3, 0.4) is 0 Å². The van der Waals surface area contributed by atoms with E-state index in [4.69, 9.17) is 10.6 Å². The Balaban J connectivity index is 3.12. The van der Waals surface area contributed by atoms with Crippen molar-refractivity contribution in [1.29, 1.82) is 0 Å². The minimum atomic E-state index is -3.27. The topological polar surface area (TPSA) is 81.4 Å². The number of nitrogens with one attached hydrogen (secondary N) is 1. The molecule has 0 saturated carbocycles. The molecule has 0 aliphatic heterocycles. The second-order valence-electron chi connectivity index (χ2n) is 3.68. The quantitative estimate of drug-likeness (QED) is 0.592. The Labute approximate surface area is 99.7 Å². The number of hydrazine groups is 1. The molecule has 1 atom stereocenters. The predicted octanol–water partition coefficient (Wildman–Crippen LogP) is 0.383. The van der Waals surface area contributed by atoms with Gasteiger partial charge in [-0.1, -0.05) is 12.1 Å². The fourth-order valence-corrected chi connectivity index (χ4v) is 2.37. The molecule has 0 spiro atoms. The number of sulfone groups is 1.